The van der Waals surface area contributed by atoms with Gasteiger partial charge in [-0.05, 0) is 38.0 Å². The highest BCUT2D eigenvalue weighted by atomic mass is 15.1. The average Bonchev–Trinajstić information content (AvgIpc) is 2.49. The van der Waals surface area contributed by atoms with Crippen molar-refractivity contribution < 1.29 is 0 Å². The van der Waals surface area contributed by atoms with Gasteiger partial charge in [-0.3, -0.25) is 0 Å². The van der Waals surface area contributed by atoms with Gasteiger partial charge in [-0.25, -0.2) is 9.97 Å². The minimum atomic E-state index is 0.577. The standard InChI is InChI=1S/C16H28N4/c1-4-6-12-7-9-13(10-8-12)20-16-14(5-2)15(17-3)18-11-19-16/h11-13H,4-10H2,1-3H3,(H2,17,18,19,20). The fourth-order valence-corrected chi connectivity index (χ4v) is 3.28. The molecule has 1 fully saturated rings. The summed E-state index contributed by atoms with van der Waals surface area (Å²) < 4.78 is 0. The number of rotatable bonds is 6. The summed E-state index contributed by atoms with van der Waals surface area (Å²) in [5.74, 6) is 2.91. The van der Waals surface area contributed by atoms with Crippen molar-refractivity contribution in [1.29, 1.82) is 0 Å². The third kappa shape index (κ3) is 3.62. The van der Waals surface area contributed by atoms with Gasteiger partial charge in [-0.1, -0.05) is 26.7 Å². The normalized spacial score (nSPS) is 22.6. The Balaban J connectivity index is 1.97. The minimum absolute atomic E-state index is 0.577. The number of aromatic nitrogens is 2. The molecular weight excluding hydrogens is 248 g/mol. The Bertz CT molecular complexity index is 411. The first kappa shape index (κ1) is 15.1. The van der Waals surface area contributed by atoms with E-state index in [1.807, 2.05) is 7.05 Å². The molecule has 0 amide bonds. The van der Waals surface area contributed by atoms with E-state index in [4.69, 9.17) is 0 Å². The lowest BCUT2D eigenvalue weighted by Crippen LogP contribution is -2.27. The zero-order valence-electron chi connectivity index (χ0n) is 13.1. The molecule has 0 bridgehead atoms. The molecule has 2 N–H and O–H groups in total. The van der Waals surface area contributed by atoms with E-state index in [0.717, 1.165) is 24.0 Å². The smallest absolute Gasteiger partial charge is 0.134 e. The molecule has 0 aliphatic heterocycles. The maximum Gasteiger partial charge on any atom is 0.134 e. The predicted molar refractivity (Wildman–Crippen MR) is 85.2 cm³/mol. The number of hydrogen-bond acceptors (Lipinski definition) is 4. The molecule has 1 heterocycles. The summed E-state index contributed by atoms with van der Waals surface area (Å²) in [6, 6.07) is 0.577. The van der Waals surface area contributed by atoms with Crippen molar-refractivity contribution in [3.63, 3.8) is 0 Å². The second-order valence-electron chi connectivity index (χ2n) is 5.80. The zero-order valence-corrected chi connectivity index (χ0v) is 13.1. The Kier molecular flexibility index (Phi) is 5.62. The molecule has 0 radical (unpaired) electrons. The Hall–Kier alpha value is -1.32. The van der Waals surface area contributed by atoms with Crippen LogP contribution >= 0.6 is 0 Å². The molecule has 1 aromatic heterocycles. The van der Waals surface area contributed by atoms with Gasteiger partial charge >= 0.3 is 0 Å². The van der Waals surface area contributed by atoms with E-state index >= 15 is 0 Å². The van der Waals surface area contributed by atoms with Gasteiger partial charge in [0, 0.05) is 18.7 Å². The Morgan fingerprint density at radius 3 is 2.40 bits per heavy atom. The highest BCUT2D eigenvalue weighted by Gasteiger charge is 2.21. The molecule has 0 atom stereocenters. The van der Waals surface area contributed by atoms with E-state index in [2.05, 4.69) is 34.4 Å². The molecular formula is C16H28N4. The Labute approximate surface area is 122 Å². The van der Waals surface area contributed by atoms with Crippen molar-refractivity contribution in [1.82, 2.24) is 9.97 Å². The highest BCUT2D eigenvalue weighted by Crippen LogP contribution is 2.30. The zero-order chi connectivity index (χ0) is 14.4. The van der Waals surface area contributed by atoms with Gasteiger partial charge < -0.3 is 10.6 Å². The van der Waals surface area contributed by atoms with Gasteiger partial charge in [0.1, 0.15) is 18.0 Å². The number of nitrogens with zero attached hydrogens (tertiary/aromatic N) is 2. The lowest BCUT2D eigenvalue weighted by Gasteiger charge is -2.30. The van der Waals surface area contributed by atoms with Crippen LogP contribution in [0.25, 0.3) is 0 Å². The number of hydrogen-bond donors (Lipinski definition) is 2. The van der Waals surface area contributed by atoms with E-state index in [0.29, 0.717) is 6.04 Å². The first-order chi connectivity index (χ1) is 9.78. The van der Waals surface area contributed by atoms with E-state index in [1.54, 1.807) is 6.33 Å². The maximum absolute atomic E-state index is 4.45. The first-order valence-electron chi connectivity index (χ1n) is 8.06. The summed E-state index contributed by atoms with van der Waals surface area (Å²) >= 11 is 0. The van der Waals surface area contributed by atoms with Crippen molar-refractivity contribution >= 4 is 11.6 Å². The number of anilines is 2. The van der Waals surface area contributed by atoms with Crippen LogP contribution in [0.2, 0.25) is 0 Å². The topological polar surface area (TPSA) is 49.8 Å². The third-order valence-corrected chi connectivity index (χ3v) is 4.42. The largest absolute Gasteiger partial charge is 0.373 e. The van der Waals surface area contributed by atoms with Gasteiger partial charge in [0.25, 0.3) is 0 Å². The molecule has 20 heavy (non-hydrogen) atoms. The summed E-state index contributed by atoms with van der Waals surface area (Å²) in [6.45, 7) is 4.45. The van der Waals surface area contributed by atoms with Crippen LogP contribution in [0.1, 0.15) is 57.9 Å². The molecule has 1 aromatic rings. The van der Waals surface area contributed by atoms with Crippen molar-refractivity contribution in [3.05, 3.63) is 11.9 Å². The van der Waals surface area contributed by atoms with Gasteiger partial charge in [-0.15, -0.1) is 0 Å². The van der Waals surface area contributed by atoms with E-state index in [9.17, 15) is 0 Å². The minimum Gasteiger partial charge on any atom is -0.373 e. The van der Waals surface area contributed by atoms with Gasteiger partial charge in [0.05, 0.1) is 0 Å². The van der Waals surface area contributed by atoms with Crippen LogP contribution in [0.3, 0.4) is 0 Å². The molecule has 2 rings (SSSR count). The lowest BCUT2D eigenvalue weighted by molar-refractivity contribution is 0.318. The SMILES string of the molecule is CCCC1CCC(Nc2ncnc(NC)c2CC)CC1. The van der Waals surface area contributed by atoms with Gasteiger partial charge in [0.15, 0.2) is 0 Å². The van der Waals surface area contributed by atoms with Gasteiger partial charge in [-0.2, -0.15) is 0 Å². The molecule has 0 aromatic carbocycles. The predicted octanol–water partition coefficient (Wildman–Crippen LogP) is 3.85. The number of nitrogens with one attached hydrogen (secondary N) is 2. The summed E-state index contributed by atoms with van der Waals surface area (Å²) in [5.41, 5.74) is 1.20. The second kappa shape index (κ2) is 7.46. The fraction of sp³-hybridized carbons (Fsp3) is 0.750. The summed E-state index contributed by atoms with van der Waals surface area (Å²) in [5, 5.41) is 6.80. The van der Waals surface area contributed by atoms with Crippen LogP contribution in [0.15, 0.2) is 6.33 Å². The Morgan fingerprint density at radius 1 is 1.10 bits per heavy atom. The molecule has 4 heteroatoms. The van der Waals surface area contributed by atoms with E-state index < -0.39 is 0 Å². The molecule has 112 valence electrons. The van der Waals surface area contributed by atoms with Crippen LogP contribution in [0.5, 0.6) is 0 Å². The monoisotopic (exact) mass is 276 g/mol. The highest BCUT2D eigenvalue weighted by molar-refractivity contribution is 5.57. The molecule has 0 saturated heterocycles. The lowest BCUT2D eigenvalue weighted by atomic mass is 9.83. The molecule has 4 nitrogen and oxygen atoms in total. The van der Waals surface area contributed by atoms with Crippen molar-refractivity contribution in [2.24, 2.45) is 5.92 Å². The summed E-state index contributed by atoms with van der Waals surface area (Å²) in [4.78, 5) is 8.74. The van der Waals surface area contributed by atoms with Crippen LogP contribution in [-0.4, -0.2) is 23.1 Å². The van der Waals surface area contributed by atoms with Crippen LogP contribution in [0, 0.1) is 5.92 Å². The summed E-state index contributed by atoms with van der Waals surface area (Å²) in [6.07, 6.45) is 10.6. The van der Waals surface area contributed by atoms with E-state index in [1.165, 1.54) is 44.1 Å². The quantitative estimate of drug-likeness (QED) is 0.828. The molecule has 1 saturated carbocycles. The van der Waals surface area contributed by atoms with Crippen LogP contribution < -0.4 is 10.6 Å². The third-order valence-electron chi connectivity index (χ3n) is 4.42. The van der Waals surface area contributed by atoms with Crippen LogP contribution in [-0.2, 0) is 6.42 Å². The van der Waals surface area contributed by atoms with Crippen molar-refractivity contribution in [2.45, 2.75) is 64.8 Å². The molecule has 0 spiro atoms. The molecule has 0 unspecified atom stereocenters. The average molecular weight is 276 g/mol. The molecule has 1 aliphatic carbocycles. The van der Waals surface area contributed by atoms with Crippen LogP contribution in [0.4, 0.5) is 11.6 Å². The van der Waals surface area contributed by atoms with E-state index in [-0.39, 0.29) is 0 Å². The summed E-state index contributed by atoms with van der Waals surface area (Å²) in [7, 11) is 1.92. The second-order valence-corrected chi connectivity index (χ2v) is 5.80. The fourth-order valence-electron chi connectivity index (χ4n) is 3.28. The first-order valence-corrected chi connectivity index (χ1v) is 8.06. The Morgan fingerprint density at radius 2 is 1.80 bits per heavy atom. The maximum atomic E-state index is 4.45. The van der Waals surface area contributed by atoms with Crippen molar-refractivity contribution in [3.8, 4) is 0 Å². The van der Waals surface area contributed by atoms with Crippen molar-refractivity contribution in [2.75, 3.05) is 17.7 Å². The molecule has 1 aliphatic rings. The van der Waals surface area contributed by atoms with Gasteiger partial charge in [0.2, 0.25) is 0 Å².